The molecule has 1 saturated heterocycles. The maximum Gasteiger partial charge on any atom is 0.266 e. The topological polar surface area (TPSA) is 85.0 Å². The number of imidazole rings is 1. The second-order valence-corrected chi connectivity index (χ2v) is 7.30. The lowest BCUT2D eigenvalue weighted by atomic mass is 10.2. The van der Waals surface area contributed by atoms with Crippen molar-refractivity contribution in [2.75, 3.05) is 36.0 Å². The van der Waals surface area contributed by atoms with E-state index in [0.29, 0.717) is 12.5 Å². The summed E-state index contributed by atoms with van der Waals surface area (Å²) in [5.74, 6) is 2.10. The molecule has 0 aliphatic carbocycles. The predicted molar refractivity (Wildman–Crippen MR) is 104 cm³/mol. The van der Waals surface area contributed by atoms with E-state index in [1.54, 1.807) is 23.4 Å². The van der Waals surface area contributed by atoms with Crippen molar-refractivity contribution in [1.82, 2.24) is 29.3 Å². The molecule has 4 rings (SSSR count). The fourth-order valence-corrected chi connectivity index (χ4v) is 3.40. The van der Waals surface area contributed by atoms with Crippen LogP contribution < -0.4 is 15.4 Å². The Hall–Kier alpha value is -2.97. The Morgan fingerprint density at radius 2 is 1.78 bits per heavy atom. The van der Waals surface area contributed by atoms with Crippen LogP contribution in [0.5, 0.6) is 0 Å². The molecule has 4 heterocycles. The summed E-state index contributed by atoms with van der Waals surface area (Å²) in [6.07, 6.45) is 3.36. The lowest BCUT2D eigenvalue weighted by molar-refractivity contribution is 0.461. The molecule has 1 fully saturated rings. The molecular weight excluding hydrogens is 344 g/mol. The number of aromatic nitrogens is 6. The van der Waals surface area contributed by atoms with E-state index < -0.39 is 0 Å². The summed E-state index contributed by atoms with van der Waals surface area (Å²) in [6.45, 7) is 8.04. The maximum absolute atomic E-state index is 12.0. The third kappa shape index (κ3) is 3.36. The van der Waals surface area contributed by atoms with Crippen LogP contribution in [-0.4, -0.2) is 55.5 Å². The average Bonchev–Trinajstić information content (AvgIpc) is 3.05. The molecule has 0 aromatic carbocycles. The molecule has 0 N–H and O–H groups in total. The van der Waals surface area contributed by atoms with Gasteiger partial charge in [0.1, 0.15) is 12.1 Å². The number of piperazine rings is 1. The van der Waals surface area contributed by atoms with E-state index in [-0.39, 0.29) is 5.56 Å². The molecule has 0 bridgehead atoms. The van der Waals surface area contributed by atoms with Crippen molar-refractivity contribution in [1.29, 1.82) is 0 Å². The van der Waals surface area contributed by atoms with Gasteiger partial charge in [0.15, 0.2) is 17.0 Å². The van der Waals surface area contributed by atoms with Gasteiger partial charge in [-0.15, -0.1) is 0 Å². The molecule has 1 aliphatic rings. The standard InChI is InChI=1S/C18H24N8O/c1-13(2)10-26-15(27)5-4-14(22-26)24-6-8-25(9-7-24)18-16-17(19-11-20-18)23(3)12-21-16/h4-5,11-13H,6-10H2,1-3H3. The van der Waals surface area contributed by atoms with Crippen LogP contribution in [0.15, 0.2) is 29.6 Å². The van der Waals surface area contributed by atoms with Crippen LogP contribution in [0.4, 0.5) is 11.6 Å². The zero-order valence-corrected chi connectivity index (χ0v) is 15.9. The van der Waals surface area contributed by atoms with Crippen molar-refractivity contribution < 1.29 is 0 Å². The molecule has 9 heteroatoms. The molecule has 1 aliphatic heterocycles. The van der Waals surface area contributed by atoms with Crippen molar-refractivity contribution in [3.8, 4) is 0 Å². The number of aryl methyl sites for hydroxylation is 1. The summed E-state index contributed by atoms with van der Waals surface area (Å²) in [5, 5.41) is 4.56. The van der Waals surface area contributed by atoms with E-state index in [2.05, 4.69) is 43.7 Å². The maximum atomic E-state index is 12.0. The summed E-state index contributed by atoms with van der Waals surface area (Å²) in [4.78, 5) is 29.7. The number of anilines is 2. The highest BCUT2D eigenvalue weighted by molar-refractivity contribution is 5.83. The van der Waals surface area contributed by atoms with Crippen molar-refractivity contribution in [3.05, 3.63) is 35.1 Å². The quantitative estimate of drug-likeness (QED) is 0.676. The van der Waals surface area contributed by atoms with Gasteiger partial charge in [0.25, 0.3) is 5.56 Å². The lowest BCUT2D eigenvalue weighted by Gasteiger charge is -2.36. The SMILES string of the molecule is CC(C)Cn1nc(N2CCN(c3ncnc4c3ncn4C)CC2)ccc1=O. The minimum atomic E-state index is -0.0513. The van der Waals surface area contributed by atoms with E-state index in [0.717, 1.165) is 49.0 Å². The smallest absolute Gasteiger partial charge is 0.266 e. The predicted octanol–water partition coefficient (Wildman–Crippen LogP) is 0.903. The zero-order chi connectivity index (χ0) is 19.0. The number of rotatable bonds is 4. The average molecular weight is 368 g/mol. The Morgan fingerprint density at radius 1 is 1.04 bits per heavy atom. The third-order valence-corrected chi connectivity index (χ3v) is 4.77. The Balaban J connectivity index is 1.51. The molecule has 0 amide bonds. The Bertz CT molecular complexity index is 1000. The second kappa shape index (κ2) is 6.98. The van der Waals surface area contributed by atoms with Gasteiger partial charge in [-0.3, -0.25) is 4.79 Å². The van der Waals surface area contributed by atoms with Crippen LogP contribution >= 0.6 is 0 Å². The molecular formula is C18H24N8O. The van der Waals surface area contributed by atoms with Gasteiger partial charge >= 0.3 is 0 Å². The first-order valence-electron chi connectivity index (χ1n) is 9.23. The molecule has 0 saturated carbocycles. The molecule has 3 aromatic heterocycles. The van der Waals surface area contributed by atoms with Crippen molar-refractivity contribution >= 4 is 22.8 Å². The normalized spacial score (nSPS) is 15.1. The van der Waals surface area contributed by atoms with Crippen LogP contribution in [0, 0.1) is 5.92 Å². The van der Waals surface area contributed by atoms with Gasteiger partial charge in [-0.1, -0.05) is 13.8 Å². The first-order valence-corrected chi connectivity index (χ1v) is 9.23. The summed E-state index contributed by atoms with van der Waals surface area (Å²) in [7, 11) is 1.93. The van der Waals surface area contributed by atoms with Crippen LogP contribution in [-0.2, 0) is 13.6 Å². The third-order valence-electron chi connectivity index (χ3n) is 4.77. The van der Waals surface area contributed by atoms with Gasteiger partial charge in [-0.2, -0.15) is 5.10 Å². The summed E-state index contributed by atoms with van der Waals surface area (Å²) in [6, 6.07) is 3.43. The number of nitrogens with zero attached hydrogens (tertiary/aromatic N) is 8. The lowest BCUT2D eigenvalue weighted by Crippen LogP contribution is -2.47. The summed E-state index contributed by atoms with van der Waals surface area (Å²) >= 11 is 0. The minimum Gasteiger partial charge on any atom is -0.352 e. The van der Waals surface area contributed by atoms with E-state index in [1.807, 2.05) is 17.7 Å². The largest absolute Gasteiger partial charge is 0.352 e. The first kappa shape index (κ1) is 17.4. The van der Waals surface area contributed by atoms with Crippen molar-refractivity contribution in [2.45, 2.75) is 20.4 Å². The summed E-state index contributed by atoms with van der Waals surface area (Å²) in [5.41, 5.74) is 1.62. The van der Waals surface area contributed by atoms with Crippen LogP contribution in [0.3, 0.4) is 0 Å². The molecule has 0 spiro atoms. The van der Waals surface area contributed by atoms with Crippen LogP contribution in [0.2, 0.25) is 0 Å². The number of fused-ring (bicyclic) bond motifs is 1. The second-order valence-electron chi connectivity index (χ2n) is 7.30. The molecule has 0 atom stereocenters. The van der Waals surface area contributed by atoms with Gasteiger partial charge in [0.2, 0.25) is 0 Å². The molecule has 0 unspecified atom stereocenters. The van der Waals surface area contributed by atoms with Gasteiger partial charge in [-0.05, 0) is 12.0 Å². The molecule has 142 valence electrons. The van der Waals surface area contributed by atoms with Gasteiger partial charge in [-0.25, -0.2) is 19.6 Å². The van der Waals surface area contributed by atoms with Crippen molar-refractivity contribution in [2.24, 2.45) is 13.0 Å². The monoisotopic (exact) mass is 368 g/mol. The molecule has 0 radical (unpaired) electrons. The highest BCUT2D eigenvalue weighted by atomic mass is 16.1. The van der Waals surface area contributed by atoms with Crippen LogP contribution in [0.1, 0.15) is 13.8 Å². The van der Waals surface area contributed by atoms with E-state index in [9.17, 15) is 4.79 Å². The Morgan fingerprint density at radius 3 is 2.52 bits per heavy atom. The minimum absolute atomic E-state index is 0.0513. The van der Waals surface area contributed by atoms with E-state index >= 15 is 0 Å². The number of hydrogen-bond donors (Lipinski definition) is 0. The number of hydrogen-bond acceptors (Lipinski definition) is 7. The first-order chi connectivity index (χ1) is 13.0. The zero-order valence-electron chi connectivity index (χ0n) is 15.9. The van der Waals surface area contributed by atoms with Crippen LogP contribution in [0.25, 0.3) is 11.2 Å². The Kier molecular flexibility index (Phi) is 4.51. The van der Waals surface area contributed by atoms with Crippen molar-refractivity contribution in [3.63, 3.8) is 0 Å². The highest BCUT2D eigenvalue weighted by Crippen LogP contribution is 2.23. The Labute approximate surface area is 157 Å². The molecule has 9 nitrogen and oxygen atoms in total. The fraction of sp³-hybridized carbons (Fsp3) is 0.500. The summed E-state index contributed by atoms with van der Waals surface area (Å²) < 4.78 is 3.47. The van der Waals surface area contributed by atoms with Gasteiger partial charge < -0.3 is 14.4 Å². The van der Waals surface area contributed by atoms with Gasteiger partial charge in [0, 0.05) is 45.8 Å². The molecule has 3 aromatic rings. The molecule has 27 heavy (non-hydrogen) atoms. The van der Waals surface area contributed by atoms with E-state index in [1.165, 1.54) is 0 Å². The van der Waals surface area contributed by atoms with Gasteiger partial charge in [0.05, 0.1) is 6.33 Å². The van der Waals surface area contributed by atoms with E-state index in [4.69, 9.17) is 0 Å². The fourth-order valence-electron chi connectivity index (χ4n) is 3.40. The highest BCUT2D eigenvalue weighted by Gasteiger charge is 2.22.